The maximum Gasteiger partial charge on any atom is 0.337 e. The van der Waals surface area contributed by atoms with Crippen molar-refractivity contribution < 1.29 is 13.9 Å². The van der Waals surface area contributed by atoms with Gasteiger partial charge in [-0.3, -0.25) is 0 Å². The number of methoxy groups -OCH3 is 1. The minimum atomic E-state index is -0.777. The Bertz CT molecular complexity index is 402. The van der Waals surface area contributed by atoms with Gasteiger partial charge in [0.05, 0.1) is 12.7 Å². The van der Waals surface area contributed by atoms with Crippen molar-refractivity contribution in [3.05, 3.63) is 29.1 Å². The van der Waals surface area contributed by atoms with Crippen molar-refractivity contribution in [2.75, 3.05) is 7.11 Å². The molecule has 5 heteroatoms. The van der Waals surface area contributed by atoms with E-state index in [1.54, 1.807) is 6.07 Å². The Morgan fingerprint density at radius 1 is 1.64 bits per heavy atom. The molecule has 0 bridgehead atoms. The summed E-state index contributed by atoms with van der Waals surface area (Å²) >= 11 is 3.88. The molecule has 1 aromatic rings. The molecule has 0 saturated heterocycles. The fourth-order valence-corrected chi connectivity index (χ4v) is 1.23. The lowest BCUT2D eigenvalue weighted by atomic mass is 10.1. The number of ether oxygens (including phenoxy) is 1. The zero-order chi connectivity index (χ0) is 10.7. The lowest BCUT2D eigenvalue weighted by Crippen LogP contribution is -2.03. The molecular weight excluding hydrogens is 205 g/mol. The van der Waals surface area contributed by atoms with Crippen molar-refractivity contribution in [3.8, 4) is 6.07 Å². The standard InChI is InChI=1S/C9H6FNO2S/c1-13-9(12)5-2-7(10)6(4-11)8(14)3-5/h2-3,14H,1H3. The molecule has 72 valence electrons. The quantitative estimate of drug-likeness (QED) is 0.569. The molecule has 0 heterocycles. The van der Waals surface area contributed by atoms with Crippen LogP contribution in [0.5, 0.6) is 0 Å². The van der Waals surface area contributed by atoms with Gasteiger partial charge in [0.1, 0.15) is 17.4 Å². The Hall–Kier alpha value is -1.54. The first kappa shape index (κ1) is 10.5. The fourth-order valence-electron chi connectivity index (χ4n) is 0.939. The predicted molar refractivity (Wildman–Crippen MR) is 49.7 cm³/mol. The number of halogens is 1. The Morgan fingerprint density at radius 3 is 2.71 bits per heavy atom. The summed E-state index contributed by atoms with van der Waals surface area (Å²) in [5.41, 5.74) is -0.144. The summed E-state index contributed by atoms with van der Waals surface area (Å²) in [7, 11) is 1.19. The second-order valence-electron chi connectivity index (χ2n) is 2.46. The summed E-state index contributed by atoms with van der Waals surface area (Å²) in [6.07, 6.45) is 0. The van der Waals surface area contributed by atoms with E-state index in [1.807, 2.05) is 0 Å². The lowest BCUT2D eigenvalue weighted by Gasteiger charge is -2.02. The Morgan fingerprint density at radius 2 is 2.29 bits per heavy atom. The smallest absolute Gasteiger partial charge is 0.337 e. The van der Waals surface area contributed by atoms with Gasteiger partial charge < -0.3 is 4.74 Å². The molecule has 0 N–H and O–H groups in total. The van der Waals surface area contributed by atoms with Crippen LogP contribution in [0, 0.1) is 17.1 Å². The van der Waals surface area contributed by atoms with Gasteiger partial charge in [0.15, 0.2) is 0 Å². The number of rotatable bonds is 1. The van der Waals surface area contributed by atoms with Crippen molar-refractivity contribution in [2.45, 2.75) is 4.90 Å². The number of carbonyl (C=O) groups is 1. The number of nitriles is 1. The van der Waals surface area contributed by atoms with Crippen LogP contribution in [-0.2, 0) is 4.74 Å². The summed E-state index contributed by atoms with van der Waals surface area (Å²) in [6.45, 7) is 0. The predicted octanol–water partition coefficient (Wildman–Crippen LogP) is 1.77. The largest absolute Gasteiger partial charge is 0.465 e. The van der Waals surface area contributed by atoms with E-state index in [0.29, 0.717) is 0 Å². The number of benzene rings is 1. The molecule has 1 rings (SSSR count). The minimum absolute atomic E-state index is 0.0361. The molecule has 0 radical (unpaired) electrons. The first-order chi connectivity index (χ1) is 6.60. The molecule has 0 atom stereocenters. The van der Waals surface area contributed by atoms with E-state index < -0.39 is 11.8 Å². The van der Waals surface area contributed by atoms with Crippen LogP contribution in [0.2, 0.25) is 0 Å². The normalized spacial score (nSPS) is 9.29. The molecule has 3 nitrogen and oxygen atoms in total. The van der Waals surface area contributed by atoms with Crippen LogP contribution in [0.4, 0.5) is 4.39 Å². The van der Waals surface area contributed by atoms with Crippen LogP contribution >= 0.6 is 12.6 Å². The summed E-state index contributed by atoms with van der Waals surface area (Å²) in [5.74, 6) is -1.44. The molecule has 0 aliphatic rings. The van der Waals surface area contributed by atoms with E-state index in [4.69, 9.17) is 5.26 Å². The third kappa shape index (κ3) is 1.86. The lowest BCUT2D eigenvalue weighted by molar-refractivity contribution is 0.0600. The van der Waals surface area contributed by atoms with Crippen LogP contribution in [0.25, 0.3) is 0 Å². The highest BCUT2D eigenvalue weighted by Crippen LogP contribution is 2.19. The van der Waals surface area contributed by atoms with Gasteiger partial charge >= 0.3 is 5.97 Å². The molecule has 0 aliphatic carbocycles. The highest BCUT2D eigenvalue weighted by molar-refractivity contribution is 7.80. The van der Waals surface area contributed by atoms with Crippen LogP contribution in [0.15, 0.2) is 17.0 Å². The van der Waals surface area contributed by atoms with E-state index in [-0.39, 0.29) is 16.0 Å². The summed E-state index contributed by atoms with van der Waals surface area (Å²) in [5, 5.41) is 8.53. The third-order valence-electron chi connectivity index (χ3n) is 1.60. The monoisotopic (exact) mass is 211 g/mol. The van der Waals surface area contributed by atoms with Crippen LogP contribution in [0.3, 0.4) is 0 Å². The van der Waals surface area contributed by atoms with Gasteiger partial charge in [-0.2, -0.15) is 5.26 Å². The Kier molecular flexibility index (Phi) is 3.10. The van der Waals surface area contributed by atoms with E-state index >= 15 is 0 Å². The van der Waals surface area contributed by atoms with Gasteiger partial charge in [-0.25, -0.2) is 9.18 Å². The average molecular weight is 211 g/mol. The van der Waals surface area contributed by atoms with E-state index in [9.17, 15) is 9.18 Å². The summed E-state index contributed by atoms with van der Waals surface area (Å²) in [4.78, 5) is 11.1. The number of hydrogen-bond acceptors (Lipinski definition) is 4. The van der Waals surface area contributed by atoms with Crippen molar-refractivity contribution in [1.29, 1.82) is 5.26 Å². The maximum atomic E-state index is 13.1. The molecule has 0 spiro atoms. The molecular formula is C9H6FNO2S. The highest BCUT2D eigenvalue weighted by atomic mass is 32.1. The zero-order valence-corrected chi connectivity index (χ0v) is 8.14. The van der Waals surface area contributed by atoms with Gasteiger partial charge in [-0.15, -0.1) is 12.6 Å². The first-order valence-electron chi connectivity index (χ1n) is 3.61. The van der Waals surface area contributed by atoms with Crippen LogP contribution in [0.1, 0.15) is 15.9 Å². The topological polar surface area (TPSA) is 50.1 Å². The van der Waals surface area contributed by atoms with Gasteiger partial charge in [-0.1, -0.05) is 0 Å². The number of thiol groups is 1. The first-order valence-corrected chi connectivity index (χ1v) is 4.05. The van der Waals surface area contributed by atoms with Crippen LogP contribution < -0.4 is 0 Å². The minimum Gasteiger partial charge on any atom is -0.465 e. The Balaban J connectivity index is 3.29. The SMILES string of the molecule is COC(=O)c1cc(F)c(C#N)c(S)c1. The van der Waals surface area contributed by atoms with Gasteiger partial charge in [0, 0.05) is 4.90 Å². The van der Waals surface area contributed by atoms with Gasteiger partial charge in [0.2, 0.25) is 0 Å². The van der Waals surface area contributed by atoms with Crippen molar-refractivity contribution in [3.63, 3.8) is 0 Å². The number of nitrogens with zero attached hydrogens (tertiary/aromatic N) is 1. The second-order valence-corrected chi connectivity index (χ2v) is 2.94. The molecule has 0 aliphatic heterocycles. The highest BCUT2D eigenvalue weighted by Gasteiger charge is 2.12. The van der Waals surface area contributed by atoms with E-state index in [1.165, 1.54) is 13.2 Å². The van der Waals surface area contributed by atoms with Crippen molar-refractivity contribution in [2.24, 2.45) is 0 Å². The summed E-state index contributed by atoms with van der Waals surface area (Å²) in [6, 6.07) is 3.88. The molecule has 14 heavy (non-hydrogen) atoms. The molecule has 0 unspecified atom stereocenters. The molecule has 1 aromatic carbocycles. The van der Waals surface area contributed by atoms with E-state index in [0.717, 1.165) is 6.07 Å². The molecule has 0 aromatic heterocycles. The second kappa shape index (κ2) is 4.11. The number of esters is 1. The molecule has 0 fully saturated rings. The summed E-state index contributed by atoms with van der Waals surface area (Å²) < 4.78 is 17.5. The van der Waals surface area contributed by atoms with Crippen molar-refractivity contribution in [1.82, 2.24) is 0 Å². The van der Waals surface area contributed by atoms with Crippen molar-refractivity contribution >= 4 is 18.6 Å². The molecule has 0 amide bonds. The van der Waals surface area contributed by atoms with E-state index in [2.05, 4.69) is 17.4 Å². The third-order valence-corrected chi connectivity index (χ3v) is 1.96. The molecule has 0 saturated carbocycles. The fraction of sp³-hybridized carbons (Fsp3) is 0.111. The van der Waals surface area contributed by atoms with Gasteiger partial charge in [0.25, 0.3) is 0 Å². The Labute approximate surface area is 85.5 Å². The van der Waals surface area contributed by atoms with Crippen LogP contribution in [-0.4, -0.2) is 13.1 Å². The number of carbonyl (C=O) groups excluding carboxylic acids is 1. The average Bonchev–Trinajstić information content (AvgIpc) is 2.16. The maximum absolute atomic E-state index is 13.1. The number of hydrogen-bond donors (Lipinski definition) is 1. The zero-order valence-electron chi connectivity index (χ0n) is 7.24. The van der Waals surface area contributed by atoms with Gasteiger partial charge in [-0.05, 0) is 12.1 Å².